The zero-order chi connectivity index (χ0) is 12.1. The summed E-state index contributed by atoms with van der Waals surface area (Å²) in [4.78, 5) is 0. The van der Waals surface area contributed by atoms with Crippen LogP contribution in [0.2, 0.25) is 0 Å². The predicted molar refractivity (Wildman–Crippen MR) is 73.0 cm³/mol. The number of benzene rings is 1. The van der Waals surface area contributed by atoms with Gasteiger partial charge >= 0.3 is 0 Å². The first kappa shape index (κ1) is 12.6. The molecule has 94 valence electrons. The van der Waals surface area contributed by atoms with Gasteiger partial charge in [0.1, 0.15) is 0 Å². The minimum Gasteiger partial charge on any atom is -0.330 e. The zero-order valence-corrected chi connectivity index (χ0v) is 10.8. The third kappa shape index (κ3) is 3.55. The van der Waals surface area contributed by atoms with Crippen LogP contribution in [0.5, 0.6) is 0 Å². The molecule has 1 atom stereocenters. The van der Waals surface area contributed by atoms with Crippen molar-refractivity contribution in [3.05, 3.63) is 34.9 Å². The van der Waals surface area contributed by atoms with Gasteiger partial charge in [-0.3, -0.25) is 0 Å². The predicted octanol–water partition coefficient (Wildman–Crippen LogP) is 2.25. The average Bonchev–Trinajstić information content (AvgIpc) is 2.38. The third-order valence-electron chi connectivity index (χ3n) is 3.64. The van der Waals surface area contributed by atoms with Gasteiger partial charge < -0.3 is 11.1 Å². The summed E-state index contributed by atoms with van der Waals surface area (Å²) in [6.45, 7) is 4.92. The van der Waals surface area contributed by atoms with Crippen LogP contribution in [-0.2, 0) is 19.4 Å². The summed E-state index contributed by atoms with van der Waals surface area (Å²) in [5.41, 5.74) is 10.2. The Hall–Kier alpha value is -0.860. The lowest BCUT2D eigenvalue weighted by Gasteiger charge is -2.17. The fourth-order valence-electron chi connectivity index (χ4n) is 2.44. The van der Waals surface area contributed by atoms with Crippen LogP contribution < -0.4 is 11.1 Å². The van der Waals surface area contributed by atoms with Crippen molar-refractivity contribution >= 4 is 0 Å². The summed E-state index contributed by atoms with van der Waals surface area (Å²) in [5, 5.41) is 3.48. The molecule has 0 saturated carbocycles. The summed E-state index contributed by atoms with van der Waals surface area (Å²) >= 11 is 0. The van der Waals surface area contributed by atoms with Crippen molar-refractivity contribution in [2.45, 2.75) is 39.2 Å². The highest BCUT2D eigenvalue weighted by molar-refractivity contribution is 5.33. The molecule has 17 heavy (non-hydrogen) atoms. The Morgan fingerprint density at radius 2 is 2.00 bits per heavy atom. The first-order valence-corrected chi connectivity index (χ1v) is 6.81. The Bertz CT molecular complexity index is 360. The maximum absolute atomic E-state index is 5.60. The van der Waals surface area contributed by atoms with Crippen molar-refractivity contribution in [3.8, 4) is 0 Å². The number of hydrogen-bond donors (Lipinski definition) is 2. The second-order valence-corrected chi connectivity index (χ2v) is 5.28. The smallest absolute Gasteiger partial charge is 0.0205 e. The maximum atomic E-state index is 5.60. The van der Waals surface area contributed by atoms with Crippen molar-refractivity contribution in [3.63, 3.8) is 0 Å². The first-order chi connectivity index (χ1) is 8.29. The molecule has 2 heteroatoms. The van der Waals surface area contributed by atoms with Gasteiger partial charge in [0.05, 0.1) is 0 Å². The molecule has 2 rings (SSSR count). The Kier molecular flexibility index (Phi) is 4.57. The molecule has 0 heterocycles. The lowest BCUT2D eigenvalue weighted by molar-refractivity contribution is 0.522. The molecule has 1 aliphatic rings. The van der Waals surface area contributed by atoms with E-state index in [1.807, 2.05) is 0 Å². The van der Waals surface area contributed by atoms with Gasteiger partial charge in [-0.2, -0.15) is 0 Å². The molecule has 0 amide bonds. The van der Waals surface area contributed by atoms with Gasteiger partial charge in [-0.25, -0.2) is 0 Å². The maximum Gasteiger partial charge on any atom is 0.0205 e. The molecule has 2 nitrogen and oxygen atoms in total. The van der Waals surface area contributed by atoms with Crippen LogP contribution in [0.1, 0.15) is 36.5 Å². The quantitative estimate of drug-likeness (QED) is 0.817. The minimum absolute atomic E-state index is 0.563. The molecular formula is C15H24N2. The van der Waals surface area contributed by atoms with Crippen LogP contribution >= 0.6 is 0 Å². The highest BCUT2D eigenvalue weighted by atomic mass is 14.9. The van der Waals surface area contributed by atoms with Gasteiger partial charge in [0.2, 0.25) is 0 Å². The van der Waals surface area contributed by atoms with Gasteiger partial charge in [-0.05, 0) is 61.4 Å². The van der Waals surface area contributed by atoms with Crippen molar-refractivity contribution in [1.82, 2.24) is 5.32 Å². The van der Waals surface area contributed by atoms with E-state index in [-0.39, 0.29) is 0 Å². The van der Waals surface area contributed by atoms with Gasteiger partial charge in [-0.1, -0.05) is 25.1 Å². The number of hydrogen-bond acceptors (Lipinski definition) is 2. The molecule has 1 aromatic carbocycles. The first-order valence-electron chi connectivity index (χ1n) is 6.81. The fraction of sp³-hybridized carbons (Fsp3) is 0.600. The Balaban J connectivity index is 1.89. The van der Waals surface area contributed by atoms with Crippen molar-refractivity contribution in [1.29, 1.82) is 0 Å². The van der Waals surface area contributed by atoms with E-state index in [2.05, 4.69) is 30.4 Å². The average molecular weight is 232 g/mol. The highest BCUT2D eigenvalue weighted by Gasteiger charge is 2.09. The second-order valence-electron chi connectivity index (χ2n) is 5.28. The van der Waals surface area contributed by atoms with E-state index in [9.17, 15) is 0 Å². The van der Waals surface area contributed by atoms with E-state index < -0.39 is 0 Å². The molecule has 1 unspecified atom stereocenters. The molecule has 0 aromatic heterocycles. The van der Waals surface area contributed by atoms with E-state index in [0.717, 1.165) is 19.6 Å². The van der Waals surface area contributed by atoms with Crippen molar-refractivity contribution < 1.29 is 0 Å². The monoisotopic (exact) mass is 232 g/mol. The molecule has 0 spiro atoms. The Morgan fingerprint density at radius 3 is 2.76 bits per heavy atom. The third-order valence-corrected chi connectivity index (χ3v) is 3.64. The number of nitrogens with two attached hydrogens (primary N) is 1. The molecule has 1 aromatic rings. The van der Waals surface area contributed by atoms with Crippen LogP contribution in [-0.4, -0.2) is 13.1 Å². The summed E-state index contributed by atoms with van der Waals surface area (Å²) in [6.07, 6.45) is 5.25. The van der Waals surface area contributed by atoms with Gasteiger partial charge in [0.15, 0.2) is 0 Å². The van der Waals surface area contributed by atoms with E-state index >= 15 is 0 Å². The molecule has 0 radical (unpaired) electrons. The second kappa shape index (κ2) is 6.18. The number of aryl methyl sites for hydroxylation is 2. The van der Waals surface area contributed by atoms with Gasteiger partial charge in [0.25, 0.3) is 0 Å². The molecule has 0 saturated heterocycles. The van der Waals surface area contributed by atoms with E-state index in [0.29, 0.717) is 5.92 Å². The van der Waals surface area contributed by atoms with Gasteiger partial charge in [0, 0.05) is 6.54 Å². The SMILES string of the molecule is CC(CN)CNCc1ccc2c(c1)CCCC2. The molecule has 0 bridgehead atoms. The van der Waals surface area contributed by atoms with E-state index in [1.54, 1.807) is 11.1 Å². The molecule has 0 fully saturated rings. The zero-order valence-electron chi connectivity index (χ0n) is 10.8. The Labute approximate surface area is 105 Å². The summed E-state index contributed by atoms with van der Waals surface area (Å²) in [5.74, 6) is 0.563. The Morgan fingerprint density at radius 1 is 1.24 bits per heavy atom. The van der Waals surface area contributed by atoms with Crippen LogP contribution in [0.3, 0.4) is 0 Å². The molecular weight excluding hydrogens is 208 g/mol. The van der Waals surface area contributed by atoms with Crippen LogP contribution in [0.25, 0.3) is 0 Å². The summed E-state index contributed by atoms with van der Waals surface area (Å²) in [6, 6.07) is 6.97. The lowest BCUT2D eigenvalue weighted by atomic mass is 9.90. The van der Waals surface area contributed by atoms with Gasteiger partial charge in [-0.15, -0.1) is 0 Å². The lowest BCUT2D eigenvalue weighted by Crippen LogP contribution is -2.25. The van der Waals surface area contributed by atoms with Crippen LogP contribution in [0.15, 0.2) is 18.2 Å². The summed E-state index contributed by atoms with van der Waals surface area (Å²) in [7, 11) is 0. The summed E-state index contributed by atoms with van der Waals surface area (Å²) < 4.78 is 0. The van der Waals surface area contributed by atoms with E-state index in [1.165, 1.54) is 31.2 Å². The molecule has 1 aliphatic carbocycles. The fourth-order valence-corrected chi connectivity index (χ4v) is 2.44. The topological polar surface area (TPSA) is 38.0 Å². The van der Waals surface area contributed by atoms with Crippen molar-refractivity contribution in [2.75, 3.05) is 13.1 Å². The number of rotatable bonds is 5. The largest absolute Gasteiger partial charge is 0.330 e. The standard InChI is InChI=1S/C15H24N2/c1-12(9-16)10-17-11-13-6-7-14-4-2-3-5-15(14)8-13/h6-8,12,17H,2-5,9-11,16H2,1H3. The van der Waals surface area contributed by atoms with Crippen LogP contribution in [0.4, 0.5) is 0 Å². The van der Waals surface area contributed by atoms with Crippen molar-refractivity contribution in [2.24, 2.45) is 11.7 Å². The van der Waals surface area contributed by atoms with Crippen LogP contribution in [0, 0.1) is 5.92 Å². The van der Waals surface area contributed by atoms with E-state index in [4.69, 9.17) is 5.73 Å². The highest BCUT2D eigenvalue weighted by Crippen LogP contribution is 2.22. The molecule has 3 N–H and O–H groups in total. The number of nitrogens with one attached hydrogen (secondary N) is 1. The minimum atomic E-state index is 0.563. The molecule has 0 aliphatic heterocycles. The number of fused-ring (bicyclic) bond motifs is 1. The normalized spacial score (nSPS) is 16.6.